The van der Waals surface area contributed by atoms with Crippen LogP contribution in [0.25, 0.3) is 0 Å². The maximum atomic E-state index is 11.8. The second-order valence-electron chi connectivity index (χ2n) is 4.12. The van der Waals surface area contributed by atoms with E-state index in [1.54, 1.807) is 0 Å². The molecule has 1 aromatic rings. The van der Waals surface area contributed by atoms with Gasteiger partial charge in [0.1, 0.15) is 0 Å². The molecular formula is C11H14BrNO2S. The Hall–Kier alpha value is -0.390. The van der Waals surface area contributed by atoms with E-state index in [1.807, 2.05) is 24.3 Å². The van der Waals surface area contributed by atoms with Gasteiger partial charge < -0.3 is 5.32 Å². The van der Waals surface area contributed by atoms with Crippen LogP contribution >= 0.6 is 15.9 Å². The average molecular weight is 304 g/mol. The van der Waals surface area contributed by atoms with Gasteiger partial charge >= 0.3 is 0 Å². The number of nitrogens with one attached hydrogen (secondary N) is 1. The highest BCUT2D eigenvalue weighted by Crippen LogP contribution is 2.15. The minimum atomic E-state index is -2.99. The van der Waals surface area contributed by atoms with Gasteiger partial charge in [0.25, 0.3) is 0 Å². The van der Waals surface area contributed by atoms with Crippen LogP contribution in [0.4, 0.5) is 0 Å². The standard InChI is InChI=1S/C11H14BrNO2S/c12-10-3-1-9(2-4-10)7-16(14,15)8-11-5-6-13-11/h1-4,11,13H,5-8H2. The van der Waals surface area contributed by atoms with Gasteiger partial charge in [-0.15, -0.1) is 0 Å². The van der Waals surface area contributed by atoms with Crippen LogP contribution in [0, 0.1) is 0 Å². The van der Waals surface area contributed by atoms with E-state index < -0.39 is 9.84 Å². The van der Waals surface area contributed by atoms with Crippen LogP contribution in [0.5, 0.6) is 0 Å². The van der Waals surface area contributed by atoms with E-state index in [0.717, 1.165) is 23.0 Å². The van der Waals surface area contributed by atoms with E-state index in [0.29, 0.717) is 0 Å². The molecule has 1 aromatic carbocycles. The molecule has 0 bridgehead atoms. The van der Waals surface area contributed by atoms with Crippen LogP contribution in [-0.4, -0.2) is 26.8 Å². The number of halogens is 1. The van der Waals surface area contributed by atoms with Gasteiger partial charge in [-0.1, -0.05) is 28.1 Å². The van der Waals surface area contributed by atoms with Gasteiger partial charge in [-0.3, -0.25) is 0 Å². The summed E-state index contributed by atoms with van der Waals surface area (Å²) < 4.78 is 24.6. The third kappa shape index (κ3) is 3.30. The van der Waals surface area contributed by atoms with Gasteiger partial charge in [0.15, 0.2) is 9.84 Å². The predicted molar refractivity (Wildman–Crippen MR) is 68.0 cm³/mol. The molecule has 16 heavy (non-hydrogen) atoms. The van der Waals surface area contributed by atoms with E-state index in [2.05, 4.69) is 21.2 Å². The van der Waals surface area contributed by atoms with Crippen LogP contribution in [0.3, 0.4) is 0 Å². The Balaban J connectivity index is 1.99. The molecule has 0 aromatic heterocycles. The lowest BCUT2D eigenvalue weighted by Gasteiger charge is -2.27. The molecule has 0 saturated carbocycles. The number of hydrogen-bond donors (Lipinski definition) is 1. The number of sulfone groups is 1. The largest absolute Gasteiger partial charge is 0.313 e. The fraction of sp³-hybridized carbons (Fsp3) is 0.455. The second-order valence-corrected chi connectivity index (χ2v) is 7.15. The van der Waals surface area contributed by atoms with Crippen molar-refractivity contribution in [2.45, 2.75) is 18.2 Å². The molecule has 1 aliphatic heterocycles. The van der Waals surface area contributed by atoms with E-state index in [4.69, 9.17) is 0 Å². The smallest absolute Gasteiger partial charge is 0.155 e. The first-order valence-electron chi connectivity index (χ1n) is 5.23. The Kier molecular flexibility index (Phi) is 3.66. The quantitative estimate of drug-likeness (QED) is 0.921. The summed E-state index contributed by atoms with van der Waals surface area (Å²) >= 11 is 3.33. The SMILES string of the molecule is O=S(=O)(Cc1ccc(Br)cc1)CC1CCN1. The Bertz CT molecular complexity index is 451. The number of hydrogen-bond acceptors (Lipinski definition) is 3. The molecule has 88 valence electrons. The summed E-state index contributed by atoms with van der Waals surface area (Å²) in [6, 6.07) is 7.59. The monoisotopic (exact) mass is 303 g/mol. The Morgan fingerprint density at radius 2 is 1.94 bits per heavy atom. The van der Waals surface area contributed by atoms with E-state index in [-0.39, 0.29) is 17.5 Å². The topological polar surface area (TPSA) is 46.2 Å². The molecule has 1 saturated heterocycles. The van der Waals surface area contributed by atoms with Crippen molar-refractivity contribution in [2.24, 2.45) is 0 Å². The maximum Gasteiger partial charge on any atom is 0.155 e. The summed E-state index contributed by atoms with van der Waals surface area (Å²) in [6.45, 7) is 0.943. The molecule has 0 aliphatic carbocycles. The van der Waals surface area contributed by atoms with Gasteiger partial charge in [0, 0.05) is 10.5 Å². The molecule has 1 heterocycles. The van der Waals surface area contributed by atoms with Crippen molar-refractivity contribution in [3.63, 3.8) is 0 Å². The van der Waals surface area contributed by atoms with E-state index in [1.165, 1.54) is 0 Å². The van der Waals surface area contributed by atoms with Crippen molar-refractivity contribution in [1.29, 1.82) is 0 Å². The number of rotatable bonds is 4. The molecule has 1 atom stereocenters. The first-order chi connectivity index (χ1) is 7.55. The minimum Gasteiger partial charge on any atom is -0.313 e. The first-order valence-corrected chi connectivity index (χ1v) is 7.85. The van der Waals surface area contributed by atoms with Gasteiger partial charge in [0.2, 0.25) is 0 Å². The summed E-state index contributed by atoms with van der Waals surface area (Å²) in [5.74, 6) is 0.390. The fourth-order valence-corrected chi connectivity index (χ4v) is 3.67. The summed E-state index contributed by atoms with van der Waals surface area (Å²) in [7, 11) is -2.99. The molecular weight excluding hydrogens is 290 g/mol. The first kappa shape index (κ1) is 12.1. The fourth-order valence-electron chi connectivity index (χ4n) is 1.69. The molecule has 3 nitrogen and oxygen atoms in total. The van der Waals surface area contributed by atoms with Crippen LogP contribution in [0.1, 0.15) is 12.0 Å². The summed E-state index contributed by atoms with van der Waals surface area (Å²) in [5, 5.41) is 3.11. The molecule has 1 aliphatic rings. The summed E-state index contributed by atoms with van der Waals surface area (Å²) in [5.41, 5.74) is 0.850. The molecule has 5 heteroatoms. The van der Waals surface area contributed by atoms with Crippen molar-refractivity contribution in [3.05, 3.63) is 34.3 Å². The maximum absolute atomic E-state index is 11.8. The molecule has 2 rings (SSSR count). The minimum absolute atomic E-state index is 0.137. The molecule has 1 fully saturated rings. The van der Waals surface area contributed by atoms with Gasteiger partial charge in [-0.2, -0.15) is 0 Å². The van der Waals surface area contributed by atoms with Crippen LogP contribution in [0.2, 0.25) is 0 Å². The zero-order valence-electron chi connectivity index (χ0n) is 8.82. The molecule has 0 radical (unpaired) electrons. The van der Waals surface area contributed by atoms with Crippen LogP contribution in [0.15, 0.2) is 28.7 Å². The van der Waals surface area contributed by atoms with E-state index >= 15 is 0 Å². The van der Waals surface area contributed by atoms with Crippen molar-refractivity contribution in [1.82, 2.24) is 5.32 Å². The Morgan fingerprint density at radius 3 is 2.44 bits per heavy atom. The zero-order chi connectivity index (χ0) is 11.6. The van der Waals surface area contributed by atoms with Gasteiger partial charge in [-0.05, 0) is 30.7 Å². The summed E-state index contributed by atoms with van der Waals surface area (Å²) in [4.78, 5) is 0. The van der Waals surface area contributed by atoms with E-state index in [9.17, 15) is 8.42 Å². The second kappa shape index (κ2) is 4.85. The highest BCUT2D eigenvalue weighted by Gasteiger charge is 2.23. The molecule has 0 spiro atoms. The highest BCUT2D eigenvalue weighted by molar-refractivity contribution is 9.10. The van der Waals surface area contributed by atoms with Gasteiger partial charge in [-0.25, -0.2) is 8.42 Å². The third-order valence-electron chi connectivity index (χ3n) is 2.68. The molecule has 1 N–H and O–H groups in total. The summed E-state index contributed by atoms with van der Waals surface area (Å²) in [6.07, 6.45) is 0.972. The van der Waals surface area contributed by atoms with Crippen molar-refractivity contribution in [2.75, 3.05) is 12.3 Å². The Morgan fingerprint density at radius 1 is 1.31 bits per heavy atom. The highest BCUT2D eigenvalue weighted by atomic mass is 79.9. The molecule has 0 amide bonds. The lowest BCUT2D eigenvalue weighted by atomic mass is 10.1. The average Bonchev–Trinajstić information content (AvgIpc) is 2.16. The third-order valence-corrected chi connectivity index (χ3v) is 4.89. The Labute approximate surface area is 104 Å². The van der Waals surface area contributed by atoms with Crippen molar-refractivity contribution >= 4 is 25.8 Å². The zero-order valence-corrected chi connectivity index (χ0v) is 11.2. The molecule has 1 unspecified atom stereocenters. The lowest BCUT2D eigenvalue weighted by molar-refractivity contribution is 0.398. The lowest BCUT2D eigenvalue weighted by Crippen LogP contribution is -2.47. The number of benzene rings is 1. The van der Waals surface area contributed by atoms with Crippen LogP contribution in [-0.2, 0) is 15.6 Å². The van der Waals surface area contributed by atoms with Crippen molar-refractivity contribution < 1.29 is 8.42 Å². The predicted octanol–water partition coefficient (Wildman–Crippen LogP) is 1.73. The van der Waals surface area contributed by atoms with Crippen molar-refractivity contribution in [3.8, 4) is 0 Å². The van der Waals surface area contributed by atoms with Crippen LogP contribution < -0.4 is 5.32 Å². The van der Waals surface area contributed by atoms with Gasteiger partial charge in [0.05, 0.1) is 11.5 Å². The normalized spacial score (nSPS) is 20.4.